The molecule has 0 aliphatic carbocycles. The molecule has 0 saturated heterocycles. The van der Waals surface area contributed by atoms with Gasteiger partial charge in [-0.2, -0.15) is 0 Å². The number of hydrogen-bond donors (Lipinski definition) is 1. The number of anilines is 1. The third-order valence-electron chi connectivity index (χ3n) is 2.03. The maximum absolute atomic E-state index is 6.10. The van der Waals surface area contributed by atoms with Crippen LogP contribution < -0.4 is 5.32 Å². The molecule has 1 heterocycles. The van der Waals surface area contributed by atoms with Crippen molar-refractivity contribution in [3.8, 4) is 0 Å². The van der Waals surface area contributed by atoms with E-state index in [2.05, 4.69) is 37.9 Å². The van der Waals surface area contributed by atoms with E-state index >= 15 is 0 Å². The van der Waals surface area contributed by atoms with Gasteiger partial charge in [-0.1, -0.05) is 11.6 Å². The molecule has 82 valence electrons. The minimum Gasteiger partial charge on any atom is -0.378 e. The number of halogens is 2. The summed E-state index contributed by atoms with van der Waals surface area (Å²) >= 11 is 8.32. The Labute approximate surface area is 112 Å². The lowest BCUT2D eigenvalue weighted by molar-refractivity contribution is 1.01. The average molecular weight is 346 g/mol. The summed E-state index contributed by atoms with van der Waals surface area (Å²) in [6, 6.07) is 7.76. The zero-order valence-corrected chi connectivity index (χ0v) is 11.2. The summed E-state index contributed by atoms with van der Waals surface area (Å²) in [5, 5.41) is 3.95. The maximum atomic E-state index is 6.10. The molecule has 1 aromatic heterocycles. The van der Waals surface area contributed by atoms with Crippen LogP contribution in [0.5, 0.6) is 0 Å². The van der Waals surface area contributed by atoms with Crippen LogP contribution >= 0.6 is 34.2 Å². The highest BCUT2D eigenvalue weighted by Gasteiger charge is 2.00. The van der Waals surface area contributed by atoms with Gasteiger partial charge in [0.2, 0.25) is 0 Å². The minimum absolute atomic E-state index is 0.642. The van der Waals surface area contributed by atoms with Crippen LogP contribution in [0.2, 0.25) is 5.02 Å². The second-order valence-electron chi connectivity index (χ2n) is 3.18. The third kappa shape index (κ3) is 3.05. The molecule has 0 spiro atoms. The normalized spacial score (nSPS) is 10.1. The second-order valence-corrected chi connectivity index (χ2v) is 4.83. The van der Waals surface area contributed by atoms with Gasteiger partial charge in [-0.25, -0.2) is 9.97 Å². The van der Waals surface area contributed by atoms with Gasteiger partial charge in [0, 0.05) is 9.77 Å². The molecule has 0 bridgehead atoms. The lowest BCUT2D eigenvalue weighted by Gasteiger charge is -2.07. The Balaban J connectivity index is 2.05. The van der Waals surface area contributed by atoms with E-state index in [0.717, 1.165) is 20.0 Å². The molecule has 0 aliphatic heterocycles. The zero-order valence-electron chi connectivity index (χ0n) is 8.32. The Kier molecular flexibility index (Phi) is 3.95. The van der Waals surface area contributed by atoms with Gasteiger partial charge >= 0.3 is 0 Å². The van der Waals surface area contributed by atoms with E-state index in [4.69, 9.17) is 11.6 Å². The van der Waals surface area contributed by atoms with Crippen LogP contribution in [0.15, 0.2) is 36.8 Å². The van der Waals surface area contributed by atoms with E-state index in [1.54, 1.807) is 6.20 Å². The molecule has 0 saturated carbocycles. The molecule has 0 radical (unpaired) electrons. The van der Waals surface area contributed by atoms with Crippen molar-refractivity contribution in [2.75, 3.05) is 5.32 Å². The van der Waals surface area contributed by atoms with Crippen molar-refractivity contribution >= 4 is 39.9 Å². The van der Waals surface area contributed by atoms with Crippen LogP contribution in [-0.2, 0) is 6.54 Å². The predicted molar refractivity (Wildman–Crippen MR) is 73.5 cm³/mol. The number of rotatable bonds is 3. The molecular weight excluding hydrogens is 336 g/mol. The first-order valence-corrected chi connectivity index (χ1v) is 6.15. The second kappa shape index (κ2) is 5.45. The summed E-state index contributed by atoms with van der Waals surface area (Å²) in [4.78, 5) is 7.99. The van der Waals surface area contributed by atoms with Gasteiger partial charge in [-0.3, -0.25) is 0 Å². The Morgan fingerprint density at radius 1 is 1.31 bits per heavy atom. The highest BCUT2D eigenvalue weighted by Crippen LogP contribution is 2.24. The Morgan fingerprint density at radius 3 is 2.88 bits per heavy atom. The van der Waals surface area contributed by atoms with Crippen molar-refractivity contribution in [2.24, 2.45) is 0 Å². The maximum Gasteiger partial charge on any atom is 0.115 e. The first-order valence-electron chi connectivity index (χ1n) is 4.69. The highest BCUT2D eigenvalue weighted by molar-refractivity contribution is 14.1. The van der Waals surface area contributed by atoms with Crippen LogP contribution in [0.1, 0.15) is 5.69 Å². The molecule has 2 aromatic rings. The molecule has 16 heavy (non-hydrogen) atoms. The number of hydrogen-bond acceptors (Lipinski definition) is 3. The van der Waals surface area contributed by atoms with E-state index in [1.165, 1.54) is 6.33 Å². The van der Waals surface area contributed by atoms with Crippen molar-refractivity contribution in [3.05, 3.63) is 51.1 Å². The van der Waals surface area contributed by atoms with E-state index in [1.807, 2.05) is 24.3 Å². The van der Waals surface area contributed by atoms with Gasteiger partial charge in [0.25, 0.3) is 0 Å². The summed E-state index contributed by atoms with van der Waals surface area (Å²) in [5.41, 5.74) is 1.85. The van der Waals surface area contributed by atoms with Crippen LogP contribution in [0.4, 0.5) is 5.69 Å². The van der Waals surface area contributed by atoms with Crippen LogP contribution in [0.3, 0.4) is 0 Å². The summed E-state index contributed by atoms with van der Waals surface area (Å²) in [7, 11) is 0. The standard InChI is InChI=1S/C11H9ClIN3/c12-10-5-8(13)1-2-11(10)15-6-9-3-4-14-7-16-9/h1-5,7,15H,6H2. The largest absolute Gasteiger partial charge is 0.378 e. The van der Waals surface area contributed by atoms with Gasteiger partial charge in [-0.05, 0) is 46.9 Å². The number of aromatic nitrogens is 2. The smallest absolute Gasteiger partial charge is 0.115 e. The fourth-order valence-electron chi connectivity index (χ4n) is 1.24. The third-order valence-corrected chi connectivity index (χ3v) is 3.02. The molecular formula is C11H9ClIN3. The van der Waals surface area contributed by atoms with E-state index in [-0.39, 0.29) is 0 Å². The number of benzene rings is 1. The lowest BCUT2D eigenvalue weighted by Crippen LogP contribution is -2.02. The van der Waals surface area contributed by atoms with Crippen LogP contribution in [0, 0.1) is 3.57 Å². The Bertz CT molecular complexity index is 476. The van der Waals surface area contributed by atoms with E-state index in [9.17, 15) is 0 Å². The van der Waals surface area contributed by atoms with E-state index < -0.39 is 0 Å². The van der Waals surface area contributed by atoms with Gasteiger partial charge in [0.1, 0.15) is 6.33 Å². The van der Waals surface area contributed by atoms with Crippen molar-refractivity contribution in [1.29, 1.82) is 0 Å². The fraction of sp³-hybridized carbons (Fsp3) is 0.0909. The predicted octanol–water partition coefficient (Wildman–Crippen LogP) is 3.35. The molecule has 0 amide bonds. The first kappa shape index (κ1) is 11.6. The van der Waals surface area contributed by atoms with Gasteiger partial charge < -0.3 is 5.32 Å². The summed E-state index contributed by atoms with van der Waals surface area (Å²) < 4.78 is 1.12. The number of nitrogens with zero attached hydrogens (tertiary/aromatic N) is 2. The first-order chi connectivity index (χ1) is 7.75. The fourth-order valence-corrected chi connectivity index (χ4v) is 2.16. The molecule has 0 unspecified atom stereocenters. The molecule has 1 N–H and O–H groups in total. The minimum atomic E-state index is 0.642. The van der Waals surface area contributed by atoms with Gasteiger partial charge in [0.15, 0.2) is 0 Å². The molecule has 1 aromatic carbocycles. The summed E-state index contributed by atoms with van der Waals surface area (Å²) in [6.45, 7) is 0.642. The Hall–Kier alpha value is -0.880. The van der Waals surface area contributed by atoms with Crippen LogP contribution in [-0.4, -0.2) is 9.97 Å². The molecule has 0 fully saturated rings. The average Bonchev–Trinajstić information content (AvgIpc) is 2.29. The zero-order chi connectivity index (χ0) is 11.4. The van der Waals surface area contributed by atoms with Gasteiger partial charge in [0.05, 0.1) is 22.9 Å². The summed E-state index contributed by atoms with van der Waals surface area (Å²) in [6.07, 6.45) is 3.26. The van der Waals surface area contributed by atoms with Crippen molar-refractivity contribution in [1.82, 2.24) is 9.97 Å². The SMILES string of the molecule is Clc1cc(I)ccc1NCc1ccncn1. The highest BCUT2D eigenvalue weighted by atomic mass is 127. The molecule has 5 heteroatoms. The molecule has 0 atom stereocenters. The topological polar surface area (TPSA) is 37.8 Å². The van der Waals surface area contributed by atoms with Crippen molar-refractivity contribution in [3.63, 3.8) is 0 Å². The van der Waals surface area contributed by atoms with Crippen molar-refractivity contribution in [2.45, 2.75) is 6.54 Å². The van der Waals surface area contributed by atoms with Crippen molar-refractivity contribution < 1.29 is 0 Å². The number of nitrogens with one attached hydrogen (secondary N) is 1. The van der Waals surface area contributed by atoms with Gasteiger partial charge in [-0.15, -0.1) is 0 Å². The lowest BCUT2D eigenvalue weighted by atomic mass is 10.3. The summed E-state index contributed by atoms with van der Waals surface area (Å²) in [5.74, 6) is 0. The molecule has 0 aliphatic rings. The Morgan fingerprint density at radius 2 is 2.19 bits per heavy atom. The monoisotopic (exact) mass is 345 g/mol. The molecule has 3 nitrogen and oxygen atoms in total. The van der Waals surface area contributed by atoms with E-state index in [0.29, 0.717) is 6.54 Å². The molecule has 2 rings (SSSR count). The quantitative estimate of drug-likeness (QED) is 0.867. The van der Waals surface area contributed by atoms with Crippen LogP contribution in [0.25, 0.3) is 0 Å².